The number of likely N-dealkylation sites (N-methyl/N-ethyl adjacent to an activating group) is 1. The molecule has 1 aromatic carbocycles. The maximum atomic E-state index is 11.8. The molecule has 0 unspecified atom stereocenters. The molecule has 0 aliphatic rings. The predicted molar refractivity (Wildman–Crippen MR) is 86.6 cm³/mol. The number of rotatable bonds is 10. The summed E-state index contributed by atoms with van der Waals surface area (Å²) in [5.41, 5.74) is 2.29. The van der Waals surface area contributed by atoms with Gasteiger partial charge in [0.2, 0.25) is 5.91 Å². The molecule has 0 saturated heterocycles. The first-order valence-corrected chi connectivity index (χ1v) is 7.44. The number of methoxy groups -OCH3 is 1. The van der Waals surface area contributed by atoms with Crippen LogP contribution in [0.4, 0.5) is 5.69 Å². The quantitative estimate of drug-likeness (QED) is 0.640. The molecule has 0 radical (unpaired) electrons. The normalized spacial score (nSPS) is 10.4. The van der Waals surface area contributed by atoms with Gasteiger partial charge in [-0.2, -0.15) is 0 Å². The smallest absolute Gasteiger partial charge is 0.239 e. The highest BCUT2D eigenvalue weighted by Crippen LogP contribution is 2.18. The zero-order valence-corrected chi connectivity index (χ0v) is 13.3. The van der Waals surface area contributed by atoms with Gasteiger partial charge >= 0.3 is 0 Å². The molecule has 21 heavy (non-hydrogen) atoms. The van der Waals surface area contributed by atoms with Gasteiger partial charge in [-0.15, -0.1) is 0 Å². The number of para-hydroxylation sites is 1. The highest BCUT2D eigenvalue weighted by atomic mass is 16.5. The molecule has 0 aliphatic carbocycles. The number of amides is 1. The average molecular weight is 293 g/mol. The van der Waals surface area contributed by atoms with Crippen molar-refractivity contribution in [2.24, 2.45) is 0 Å². The molecule has 0 aliphatic heterocycles. The van der Waals surface area contributed by atoms with Crippen LogP contribution in [0.1, 0.15) is 18.9 Å². The van der Waals surface area contributed by atoms with Gasteiger partial charge in [-0.1, -0.05) is 25.1 Å². The van der Waals surface area contributed by atoms with E-state index in [-0.39, 0.29) is 5.91 Å². The summed E-state index contributed by atoms with van der Waals surface area (Å²) in [5.74, 6) is 0.00544. The van der Waals surface area contributed by atoms with Crippen molar-refractivity contribution in [3.63, 3.8) is 0 Å². The molecule has 1 rings (SSSR count). The molecule has 0 atom stereocenters. The van der Waals surface area contributed by atoms with Crippen LogP contribution >= 0.6 is 0 Å². The Morgan fingerprint density at radius 1 is 1.29 bits per heavy atom. The van der Waals surface area contributed by atoms with Gasteiger partial charge in [0.25, 0.3) is 0 Å². The monoisotopic (exact) mass is 293 g/mol. The molecule has 118 valence electrons. The number of carbonyl (C=O) groups is 1. The highest BCUT2D eigenvalue weighted by molar-refractivity contribution is 5.81. The minimum atomic E-state index is 0.00544. The van der Waals surface area contributed by atoms with E-state index in [1.165, 1.54) is 5.56 Å². The van der Waals surface area contributed by atoms with E-state index in [0.717, 1.165) is 25.2 Å². The maximum absolute atomic E-state index is 11.8. The van der Waals surface area contributed by atoms with E-state index in [4.69, 9.17) is 4.74 Å². The van der Waals surface area contributed by atoms with E-state index in [9.17, 15) is 4.79 Å². The summed E-state index contributed by atoms with van der Waals surface area (Å²) < 4.78 is 4.92. The number of benzene rings is 1. The zero-order valence-electron chi connectivity index (χ0n) is 13.3. The van der Waals surface area contributed by atoms with Crippen molar-refractivity contribution >= 4 is 11.6 Å². The molecule has 2 N–H and O–H groups in total. The number of hydrogen-bond donors (Lipinski definition) is 2. The largest absolute Gasteiger partial charge is 0.383 e. The lowest BCUT2D eigenvalue weighted by Crippen LogP contribution is -2.37. The summed E-state index contributed by atoms with van der Waals surface area (Å²) in [7, 11) is 3.56. The first kappa shape index (κ1) is 17.5. The fraction of sp³-hybridized carbons (Fsp3) is 0.562. The van der Waals surface area contributed by atoms with Crippen LogP contribution in [-0.2, 0) is 16.1 Å². The summed E-state index contributed by atoms with van der Waals surface area (Å²) in [6, 6.07) is 8.17. The Hall–Kier alpha value is -1.59. The van der Waals surface area contributed by atoms with Crippen LogP contribution in [0, 0.1) is 0 Å². The first-order valence-electron chi connectivity index (χ1n) is 7.44. The van der Waals surface area contributed by atoms with Crippen LogP contribution in [0.3, 0.4) is 0 Å². The fourth-order valence-corrected chi connectivity index (χ4v) is 2.08. The second-order valence-electron chi connectivity index (χ2n) is 5.00. The van der Waals surface area contributed by atoms with Crippen molar-refractivity contribution in [3.05, 3.63) is 29.8 Å². The van der Waals surface area contributed by atoms with E-state index in [1.807, 2.05) is 30.1 Å². The Bertz CT molecular complexity index is 424. The number of hydrogen-bond acceptors (Lipinski definition) is 4. The second kappa shape index (κ2) is 10.2. The van der Waals surface area contributed by atoms with Gasteiger partial charge in [-0.25, -0.2) is 0 Å². The topological polar surface area (TPSA) is 53.6 Å². The number of nitrogens with zero attached hydrogens (tertiary/aromatic N) is 1. The zero-order chi connectivity index (χ0) is 15.5. The summed E-state index contributed by atoms with van der Waals surface area (Å²) in [5, 5.41) is 6.23. The Balaban J connectivity index is 2.56. The molecule has 5 heteroatoms. The first-order chi connectivity index (χ1) is 10.2. The predicted octanol–water partition coefficient (Wildman–Crippen LogP) is 1.39. The average Bonchev–Trinajstić information content (AvgIpc) is 2.48. The summed E-state index contributed by atoms with van der Waals surface area (Å²) in [6.45, 7) is 5.38. The van der Waals surface area contributed by atoms with Crippen molar-refractivity contribution in [1.29, 1.82) is 0 Å². The van der Waals surface area contributed by atoms with Gasteiger partial charge in [-0.05, 0) is 24.6 Å². The minimum absolute atomic E-state index is 0.00544. The molecule has 5 nitrogen and oxygen atoms in total. The lowest BCUT2D eigenvalue weighted by Gasteiger charge is -2.22. The van der Waals surface area contributed by atoms with E-state index >= 15 is 0 Å². The van der Waals surface area contributed by atoms with Crippen LogP contribution in [0.25, 0.3) is 0 Å². The number of anilines is 1. The third kappa shape index (κ3) is 6.60. The van der Waals surface area contributed by atoms with Gasteiger partial charge in [-0.3, -0.25) is 4.79 Å². The SMILES string of the molecule is CCCNCc1ccccc1N(C)CC(=O)NCCOC. The van der Waals surface area contributed by atoms with Crippen molar-refractivity contribution in [2.45, 2.75) is 19.9 Å². The molecule has 0 aromatic heterocycles. The van der Waals surface area contributed by atoms with Crippen molar-refractivity contribution in [1.82, 2.24) is 10.6 Å². The van der Waals surface area contributed by atoms with Gasteiger partial charge in [0.1, 0.15) is 0 Å². The van der Waals surface area contributed by atoms with Crippen LogP contribution in [0.15, 0.2) is 24.3 Å². The second-order valence-corrected chi connectivity index (χ2v) is 5.00. The van der Waals surface area contributed by atoms with E-state index in [1.54, 1.807) is 7.11 Å². The fourth-order valence-electron chi connectivity index (χ4n) is 2.08. The molecule has 0 spiro atoms. The summed E-state index contributed by atoms with van der Waals surface area (Å²) in [4.78, 5) is 13.8. The van der Waals surface area contributed by atoms with Crippen LogP contribution in [0.5, 0.6) is 0 Å². The van der Waals surface area contributed by atoms with Gasteiger partial charge < -0.3 is 20.3 Å². The van der Waals surface area contributed by atoms with Gasteiger partial charge in [0, 0.05) is 32.9 Å². The molecule has 1 amide bonds. The number of carbonyl (C=O) groups excluding carboxylic acids is 1. The van der Waals surface area contributed by atoms with Crippen LogP contribution in [0.2, 0.25) is 0 Å². The Morgan fingerprint density at radius 3 is 2.76 bits per heavy atom. The van der Waals surface area contributed by atoms with E-state index in [0.29, 0.717) is 19.7 Å². The van der Waals surface area contributed by atoms with Crippen LogP contribution < -0.4 is 15.5 Å². The number of nitrogens with one attached hydrogen (secondary N) is 2. The Labute approximate surface area is 127 Å². The van der Waals surface area contributed by atoms with E-state index < -0.39 is 0 Å². The van der Waals surface area contributed by atoms with E-state index in [2.05, 4.69) is 23.6 Å². The summed E-state index contributed by atoms with van der Waals surface area (Å²) in [6.07, 6.45) is 1.11. The molecule has 0 fully saturated rings. The third-order valence-electron chi connectivity index (χ3n) is 3.15. The Kier molecular flexibility index (Phi) is 8.47. The lowest BCUT2D eigenvalue weighted by atomic mass is 10.1. The molecule has 0 saturated carbocycles. The van der Waals surface area contributed by atoms with Gasteiger partial charge in [0.15, 0.2) is 0 Å². The van der Waals surface area contributed by atoms with Crippen molar-refractivity contribution in [2.75, 3.05) is 45.3 Å². The summed E-state index contributed by atoms with van der Waals surface area (Å²) >= 11 is 0. The molecule has 1 aromatic rings. The van der Waals surface area contributed by atoms with Crippen molar-refractivity contribution < 1.29 is 9.53 Å². The molecular weight excluding hydrogens is 266 g/mol. The molecule has 0 heterocycles. The molecule has 0 bridgehead atoms. The Morgan fingerprint density at radius 2 is 2.05 bits per heavy atom. The van der Waals surface area contributed by atoms with Gasteiger partial charge in [0.05, 0.1) is 13.2 Å². The standard InChI is InChI=1S/C16H27N3O2/c1-4-9-17-12-14-7-5-6-8-15(14)19(2)13-16(20)18-10-11-21-3/h5-8,17H,4,9-13H2,1-3H3,(H,18,20). The lowest BCUT2D eigenvalue weighted by molar-refractivity contribution is -0.119. The maximum Gasteiger partial charge on any atom is 0.239 e. The number of ether oxygens (including phenoxy) is 1. The molecular formula is C16H27N3O2. The van der Waals surface area contributed by atoms with Crippen LogP contribution in [-0.4, -0.2) is 46.3 Å². The van der Waals surface area contributed by atoms with Crippen molar-refractivity contribution in [3.8, 4) is 0 Å². The third-order valence-corrected chi connectivity index (χ3v) is 3.15. The highest BCUT2D eigenvalue weighted by Gasteiger charge is 2.10. The minimum Gasteiger partial charge on any atom is -0.383 e.